The summed E-state index contributed by atoms with van der Waals surface area (Å²) in [6.07, 6.45) is 9.54. The van der Waals surface area contributed by atoms with Crippen LogP contribution in [0.1, 0.15) is 77.6 Å². The Balaban J connectivity index is 0. The van der Waals surface area contributed by atoms with E-state index in [4.69, 9.17) is 9.84 Å². The Hall–Kier alpha value is -0.100. The summed E-state index contributed by atoms with van der Waals surface area (Å²) in [4.78, 5) is 21.4. The normalized spacial score (nSPS) is 11.5. The van der Waals surface area contributed by atoms with Crippen LogP contribution in [0.5, 0.6) is 0 Å². The third-order valence-corrected chi connectivity index (χ3v) is 3.37. The monoisotopic (exact) mass is 324 g/mol. The van der Waals surface area contributed by atoms with Gasteiger partial charge in [-0.1, -0.05) is 64.7 Å². The second-order valence-corrected chi connectivity index (χ2v) is 5.44. The molecule has 0 spiro atoms. The average molecular weight is 324 g/mol. The summed E-state index contributed by atoms with van der Waals surface area (Å²) < 4.78 is 4.80. The number of aliphatic hydroxyl groups excluding tert-OH is 1. The zero-order chi connectivity index (χ0) is 15.9. The Kier molecular flexibility index (Phi) is 18.9. The maximum atomic E-state index is 11.2. The average Bonchev–Trinajstić information content (AvgIpc) is 2.43. The van der Waals surface area contributed by atoms with Crippen molar-refractivity contribution in [2.45, 2.75) is 83.7 Å². The van der Waals surface area contributed by atoms with Gasteiger partial charge in [0.1, 0.15) is 0 Å². The van der Waals surface area contributed by atoms with E-state index in [0.717, 1.165) is 19.3 Å². The smallest absolute Gasteiger partial charge is 0.550 e. The summed E-state index contributed by atoms with van der Waals surface area (Å²) in [5, 5.41) is 19.3. The first-order chi connectivity index (χ1) is 10.1. The zero-order valence-electron chi connectivity index (χ0n) is 14.1. The van der Waals surface area contributed by atoms with E-state index >= 15 is 0 Å². The molecule has 1 unspecified atom stereocenters. The Labute approximate surface area is 156 Å². The number of esters is 1. The number of hydrogen-bond donors (Lipinski definition) is 1. The van der Waals surface area contributed by atoms with Crippen LogP contribution in [0, 0.1) is 0 Å². The number of aliphatic hydroxyl groups is 1. The number of carboxylic acids is 1. The SMILES string of the molecule is CCCCCCCCCCCCOC(=O)C(O)CC(=O)[O-].[Na+]. The summed E-state index contributed by atoms with van der Waals surface area (Å²) in [5.41, 5.74) is 0. The van der Waals surface area contributed by atoms with Crippen molar-refractivity contribution in [1.29, 1.82) is 0 Å². The second-order valence-electron chi connectivity index (χ2n) is 5.44. The Morgan fingerprint density at radius 3 is 1.86 bits per heavy atom. The van der Waals surface area contributed by atoms with Crippen LogP contribution in [-0.2, 0) is 14.3 Å². The molecular formula is C16H29NaO5. The first-order valence-electron chi connectivity index (χ1n) is 8.12. The molecule has 6 heteroatoms. The number of carboxylic acid groups (broad SMARTS) is 1. The minimum atomic E-state index is -1.61. The van der Waals surface area contributed by atoms with Crippen LogP contribution in [0.15, 0.2) is 0 Å². The minimum Gasteiger partial charge on any atom is -0.550 e. The van der Waals surface area contributed by atoms with Crippen molar-refractivity contribution in [2.24, 2.45) is 0 Å². The van der Waals surface area contributed by atoms with Gasteiger partial charge in [-0.05, 0) is 6.42 Å². The van der Waals surface area contributed by atoms with Gasteiger partial charge in [0.2, 0.25) is 0 Å². The topological polar surface area (TPSA) is 86.7 Å². The van der Waals surface area contributed by atoms with Crippen molar-refractivity contribution < 1.29 is 54.1 Å². The number of carbonyl (C=O) groups excluding carboxylic acids is 2. The number of ether oxygens (including phenoxy) is 1. The Morgan fingerprint density at radius 1 is 0.955 bits per heavy atom. The summed E-state index contributed by atoms with van der Waals surface area (Å²) in [5.74, 6) is -2.34. The second kappa shape index (κ2) is 17.3. The molecule has 0 aliphatic carbocycles. The van der Waals surface area contributed by atoms with E-state index in [-0.39, 0.29) is 36.2 Å². The number of aliphatic carboxylic acids is 1. The fourth-order valence-electron chi connectivity index (χ4n) is 2.10. The molecule has 0 radical (unpaired) electrons. The van der Waals surface area contributed by atoms with Crippen molar-refractivity contribution >= 4 is 11.9 Å². The van der Waals surface area contributed by atoms with Crippen LogP contribution in [0.3, 0.4) is 0 Å². The summed E-state index contributed by atoms with van der Waals surface area (Å²) in [7, 11) is 0. The molecule has 0 aromatic heterocycles. The molecule has 0 aromatic carbocycles. The Morgan fingerprint density at radius 2 is 1.41 bits per heavy atom. The molecule has 22 heavy (non-hydrogen) atoms. The van der Waals surface area contributed by atoms with E-state index in [1.54, 1.807) is 0 Å². The van der Waals surface area contributed by atoms with E-state index in [9.17, 15) is 14.7 Å². The summed E-state index contributed by atoms with van der Waals surface area (Å²) in [6, 6.07) is 0. The molecule has 1 atom stereocenters. The molecule has 0 aliphatic heterocycles. The molecular weight excluding hydrogens is 295 g/mol. The standard InChI is InChI=1S/C16H30O5.Na/c1-2-3-4-5-6-7-8-9-10-11-12-21-16(20)14(17)13-15(18)19;/h14,17H,2-13H2,1H3,(H,18,19);/q;+1/p-1. The molecule has 5 nitrogen and oxygen atoms in total. The van der Waals surface area contributed by atoms with Crippen LogP contribution >= 0.6 is 0 Å². The van der Waals surface area contributed by atoms with Crippen LogP contribution < -0.4 is 34.7 Å². The largest absolute Gasteiger partial charge is 1.00 e. The van der Waals surface area contributed by atoms with Gasteiger partial charge in [-0.3, -0.25) is 0 Å². The molecule has 0 aromatic rings. The molecule has 0 aliphatic rings. The van der Waals surface area contributed by atoms with Crippen molar-refractivity contribution in [3.05, 3.63) is 0 Å². The van der Waals surface area contributed by atoms with Gasteiger partial charge in [-0.2, -0.15) is 0 Å². The van der Waals surface area contributed by atoms with Gasteiger partial charge < -0.3 is 19.7 Å². The van der Waals surface area contributed by atoms with Gasteiger partial charge in [0.05, 0.1) is 6.61 Å². The van der Waals surface area contributed by atoms with Gasteiger partial charge in [-0.25, -0.2) is 4.79 Å². The fraction of sp³-hybridized carbons (Fsp3) is 0.875. The van der Waals surface area contributed by atoms with E-state index in [1.807, 2.05) is 0 Å². The predicted octanol–water partition coefficient (Wildman–Crippen LogP) is -1.04. The van der Waals surface area contributed by atoms with Gasteiger partial charge in [0, 0.05) is 12.4 Å². The van der Waals surface area contributed by atoms with Crippen LogP contribution in [0.2, 0.25) is 0 Å². The van der Waals surface area contributed by atoms with Gasteiger partial charge in [0.15, 0.2) is 6.10 Å². The van der Waals surface area contributed by atoms with E-state index < -0.39 is 24.5 Å². The molecule has 0 heterocycles. The molecule has 1 N–H and O–H groups in total. The first-order valence-corrected chi connectivity index (χ1v) is 8.12. The first kappa shape index (κ1) is 24.2. The zero-order valence-corrected chi connectivity index (χ0v) is 16.1. The molecule has 0 fully saturated rings. The molecule has 0 saturated heterocycles. The van der Waals surface area contributed by atoms with Gasteiger partial charge in [-0.15, -0.1) is 0 Å². The van der Waals surface area contributed by atoms with Crippen molar-refractivity contribution in [3.8, 4) is 0 Å². The van der Waals surface area contributed by atoms with Crippen LogP contribution in [0.25, 0.3) is 0 Å². The minimum absolute atomic E-state index is 0. The molecule has 0 amide bonds. The van der Waals surface area contributed by atoms with Crippen molar-refractivity contribution in [3.63, 3.8) is 0 Å². The van der Waals surface area contributed by atoms with Crippen molar-refractivity contribution in [1.82, 2.24) is 0 Å². The van der Waals surface area contributed by atoms with E-state index in [0.29, 0.717) is 0 Å². The number of hydrogen-bond acceptors (Lipinski definition) is 5. The van der Waals surface area contributed by atoms with Crippen LogP contribution in [-0.4, -0.2) is 29.8 Å². The van der Waals surface area contributed by atoms with Gasteiger partial charge >= 0.3 is 35.5 Å². The maximum Gasteiger partial charge on any atom is 1.00 e. The summed E-state index contributed by atoms with van der Waals surface area (Å²) in [6.45, 7) is 2.45. The van der Waals surface area contributed by atoms with E-state index in [2.05, 4.69) is 6.92 Å². The number of rotatable bonds is 14. The van der Waals surface area contributed by atoms with E-state index in [1.165, 1.54) is 44.9 Å². The third kappa shape index (κ3) is 16.3. The third-order valence-electron chi connectivity index (χ3n) is 3.37. The molecule has 0 rings (SSSR count). The quantitative estimate of drug-likeness (QED) is 0.250. The van der Waals surface area contributed by atoms with Gasteiger partial charge in [0.25, 0.3) is 0 Å². The molecule has 124 valence electrons. The van der Waals surface area contributed by atoms with Crippen molar-refractivity contribution in [2.75, 3.05) is 6.61 Å². The fourth-order valence-corrected chi connectivity index (χ4v) is 2.10. The number of unbranched alkanes of at least 4 members (excludes halogenated alkanes) is 9. The Bertz CT molecular complexity index is 284. The maximum absolute atomic E-state index is 11.2. The summed E-state index contributed by atoms with van der Waals surface area (Å²) >= 11 is 0. The predicted molar refractivity (Wildman–Crippen MR) is 78.4 cm³/mol. The number of carbonyl (C=O) groups is 2. The van der Waals surface area contributed by atoms with Crippen LogP contribution in [0.4, 0.5) is 0 Å². The molecule has 0 bridgehead atoms. The molecule has 0 saturated carbocycles.